The lowest BCUT2D eigenvalue weighted by Gasteiger charge is -2.04. The van der Waals surface area contributed by atoms with Crippen LogP contribution in [0.5, 0.6) is 0 Å². The molecular weight excluding hydrogens is 228 g/mol. The Balaban J connectivity index is 1.79. The number of unbranched alkanes of at least 4 members (excludes halogenated alkanes) is 1. The van der Waals surface area contributed by atoms with Gasteiger partial charge in [-0.2, -0.15) is 0 Å². The van der Waals surface area contributed by atoms with Gasteiger partial charge >= 0.3 is 0 Å². The molecule has 0 spiro atoms. The van der Waals surface area contributed by atoms with E-state index in [0.717, 1.165) is 19.6 Å². The fourth-order valence-corrected chi connectivity index (χ4v) is 2.91. The van der Waals surface area contributed by atoms with E-state index in [0.29, 0.717) is 0 Å². The molecule has 0 bridgehead atoms. The van der Waals surface area contributed by atoms with E-state index >= 15 is 0 Å². The molecule has 0 saturated heterocycles. The standard InChI is InChI=1S/C14H20N2S/c1-15-8-4-5-9-16-10-12-11-17-14-7-3-2-6-13(12)14/h2-3,6-7,11,15-16H,4-5,8-10H2,1H3. The zero-order valence-corrected chi connectivity index (χ0v) is 11.1. The molecule has 0 atom stereocenters. The molecule has 1 aromatic carbocycles. The maximum Gasteiger partial charge on any atom is 0.0346 e. The third kappa shape index (κ3) is 3.53. The van der Waals surface area contributed by atoms with Crippen molar-refractivity contribution < 1.29 is 0 Å². The van der Waals surface area contributed by atoms with Crippen LogP contribution in [0.3, 0.4) is 0 Å². The molecule has 17 heavy (non-hydrogen) atoms. The molecule has 2 rings (SSSR count). The van der Waals surface area contributed by atoms with Crippen LogP contribution in [0.25, 0.3) is 10.1 Å². The first-order chi connectivity index (χ1) is 8.42. The van der Waals surface area contributed by atoms with Gasteiger partial charge in [0.1, 0.15) is 0 Å². The zero-order valence-electron chi connectivity index (χ0n) is 10.3. The second-order valence-electron chi connectivity index (χ2n) is 4.24. The Morgan fingerprint density at radius 2 is 1.94 bits per heavy atom. The molecule has 0 saturated carbocycles. The molecule has 3 heteroatoms. The van der Waals surface area contributed by atoms with Crippen LogP contribution in [0, 0.1) is 0 Å². The molecule has 1 heterocycles. The summed E-state index contributed by atoms with van der Waals surface area (Å²) in [4.78, 5) is 0. The molecule has 2 aromatic rings. The number of rotatable bonds is 7. The number of nitrogens with one attached hydrogen (secondary N) is 2. The summed E-state index contributed by atoms with van der Waals surface area (Å²) in [7, 11) is 2.00. The van der Waals surface area contributed by atoms with Crippen LogP contribution in [-0.2, 0) is 6.54 Å². The minimum atomic E-state index is 0.990. The normalized spacial score (nSPS) is 11.1. The molecular formula is C14H20N2S. The maximum atomic E-state index is 3.52. The van der Waals surface area contributed by atoms with E-state index in [2.05, 4.69) is 40.3 Å². The molecule has 0 aliphatic heterocycles. The quantitative estimate of drug-likeness (QED) is 0.736. The average molecular weight is 248 g/mol. The van der Waals surface area contributed by atoms with Crippen molar-refractivity contribution in [3.05, 3.63) is 35.2 Å². The molecule has 0 amide bonds. The lowest BCUT2D eigenvalue weighted by atomic mass is 10.2. The Morgan fingerprint density at radius 1 is 1.12 bits per heavy atom. The van der Waals surface area contributed by atoms with Crippen LogP contribution >= 0.6 is 11.3 Å². The summed E-state index contributed by atoms with van der Waals surface area (Å²) in [6, 6.07) is 8.62. The first-order valence-electron chi connectivity index (χ1n) is 6.22. The van der Waals surface area contributed by atoms with Gasteiger partial charge in [0.25, 0.3) is 0 Å². The summed E-state index contributed by atoms with van der Waals surface area (Å²) in [6.07, 6.45) is 2.48. The van der Waals surface area contributed by atoms with Crippen molar-refractivity contribution in [3.8, 4) is 0 Å². The lowest BCUT2D eigenvalue weighted by Crippen LogP contribution is -2.16. The Morgan fingerprint density at radius 3 is 2.82 bits per heavy atom. The third-order valence-electron chi connectivity index (χ3n) is 2.91. The number of thiophene rings is 1. The van der Waals surface area contributed by atoms with Crippen molar-refractivity contribution in [2.75, 3.05) is 20.1 Å². The molecule has 0 aliphatic rings. The minimum absolute atomic E-state index is 0.990. The Hall–Kier alpha value is -0.900. The van der Waals surface area contributed by atoms with Gasteiger partial charge in [0, 0.05) is 11.2 Å². The van der Waals surface area contributed by atoms with Crippen molar-refractivity contribution in [2.24, 2.45) is 0 Å². The fourth-order valence-electron chi connectivity index (χ4n) is 1.94. The highest BCUT2D eigenvalue weighted by atomic mass is 32.1. The third-order valence-corrected chi connectivity index (χ3v) is 3.92. The first kappa shape index (κ1) is 12.6. The Bertz CT molecular complexity index is 450. The molecule has 0 radical (unpaired) electrons. The lowest BCUT2D eigenvalue weighted by molar-refractivity contribution is 0.607. The van der Waals surface area contributed by atoms with Crippen LogP contribution in [-0.4, -0.2) is 20.1 Å². The smallest absolute Gasteiger partial charge is 0.0346 e. The minimum Gasteiger partial charge on any atom is -0.320 e. The van der Waals surface area contributed by atoms with Crippen molar-refractivity contribution in [3.63, 3.8) is 0 Å². The van der Waals surface area contributed by atoms with Crippen molar-refractivity contribution in [2.45, 2.75) is 19.4 Å². The van der Waals surface area contributed by atoms with E-state index in [1.165, 1.54) is 28.5 Å². The molecule has 0 fully saturated rings. The van der Waals surface area contributed by atoms with Gasteiger partial charge in [-0.05, 0) is 55.4 Å². The van der Waals surface area contributed by atoms with E-state index in [9.17, 15) is 0 Å². The predicted molar refractivity (Wildman–Crippen MR) is 76.7 cm³/mol. The number of hydrogen-bond acceptors (Lipinski definition) is 3. The predicted octanol–water partition coefficient (Wildman–Crippen LogP) is 2.99. The van der Waals surface area contributed by atoms with E-state index in [-0.39, 0.29) is 0 Å². The molecule has 1 aromatic heterocycles. The zero-order chi connectivity index (χ0) is 11.9. The topological polar surface area (TPSA) is 24.1 Å². The summed E-state index contributed by atoms with van der Waals surface area (Å²) in [5.41, 5.74) is 1.43. The van der Waals surface area contributed by atoms with Gasteiger partial charge < -0.3 is 10.6 Å². The van der Waals surface area contributed by atoms with Crippen LogP contribution in [0.2, 0.25) is 0 Å². The summed E-state index contributed by atoms with van der Waals surface area (Å²) in [6.45, 7) is 3.21. The second kappa shape index (κ2) is 6.74. The summed E-state index contributed by atoms with van der Waals surface area (Å²) in [5.74, 6) is 0. The van der Waals surface area contributed by atoms with Crippen LogP contribution in [0.1, 0.15) is 18.4 Å². The molecule has 0 unspecified atom stereocenters. The monoisotopic (exact) mass is 248 g/mol. The van der Waals surface area contributed by atoms with Gasteiger partial charge in [-0.1, -0.05) is 18.2 Å². The summed E-state index contributed by atoms with van der Waals surface area (Å²) >= 11 is 1.84. The van der Waals surface area contributed by atoms with E-state index in [1.807, 2.05) is 18.4 Å². The molecule has 2 N–H and O–H groups in total. The van der Waals surface area contributed by atoms with Gasteiger partial charge in [-0.3, -0.25) is 0 Å². The maximum absolute atomic E-state index is 3.52. The number of fused-ring (bicyclic) bond motifs is 1. The van der Waals surface area contributed by atoms with Gasteiger partial charge in [-0.15, -0.1) is 11.3 Å². The number of hydrogen-bond donors (Lipinski definition) is 2. The average Bonchev–Trinajstić information content (AvgIpc) is 2.77. The van der Waals surface area contributed by atoms with Gasteiger partial charge in [0.05, 0.1) is 0 Å². The molecule has 0 aliphatic carbocycles. The highest BCUT2D eigenvalue weighted by Crippen LogP contribution is 2.25. The largest absolute Gasteiger partial charge is 0.320 e. The first-order valence-corrected chi connectivity index (χ1v) is 7.10. The van der Waals surface area contributed by atoms with Crippen molar-refractivity contribution in [1.82, 2.24) is 10.6 Å². The van der Waals surface area contributed by atoms with E-state index in [1.54, 1.807) is 0 Å². The van der Waals surface area contributed by atoms with Crippen molar-refractivity contribution >= 4 is 21.4 Å². The summed E-state index contributed by atoms with van der Waals surface area (Å²) in [5, 5.41) is 10.4. The van der Waals surface area contributed by atoms with Gasteiger partial charge in [-0.25, -0.2) is 0 Å². The highest BCUT2D eigenvalue weighted by molar-refractivity contribution is 7.17. The SMILES string of the molecule is CNCCCCNCc1csc2ccccc12. The van der Waals surface area contributed by atoms with Crippen molar-refractivity contribution in [1.29, 1.82) is 0 Å². The van der Waals surface area contributed by atoms with Crippen LogP contribution in [0.4, 0.5) is 0 Å². The van der Waals surface area contributed by atoms with Gasteiger partial charge in [0.2, 0.25) is 0 Å². The molecule has 92 valence electrons. The highest BCUT2D eigenvalue weighted by Gasteiger charge is 2.01. The second-order valence-corrected chi connectivity index (χ2v) is 5.16. The van der Waals surface area contributed by atoms with Crippen LogP contribution < -0.4 is 10.6 Å². The van der Waals surface area contributed by atoms with Crippen LogP contribution in [0.15, 0.2) is 29.6 Å². The van der Waals surface area contributed by atoms with Gasteiger partial charge in [0.15, 0.2) is 0 Å². The Labute approximate surface area is 107 Å². The fraction of sp³-hybridized carbons (Fsp3) is 0.429. The van der Waals surface area contributed by atoms with E-state index in [4.69, 9.17) is 0 Å². The number of benzene rings is 1. The molecule has 2 nitrogen and oxygen atoms in total. The van der Waals surface area contributed by atoms with E-state index < -0.39 is 0 Å². The summed E-state index contributed by atoms with van der Waals surface area (Å²) < 4.78 is 1.39. The Kier molecular flexibility index (Phi) is 4.98.